The number of benzene rings is 3. The number of hydrogen-bond donors (Lipinski definition) is 2. The average molecular weight is 415 g/mol. The summed E-state index contributed by atoms with van der Waals surface area (Å²) in [7, 11) is 0. The Hall–Kier alpha value is -3.15. The molecule has 0 fully saturated rings. The first-order chi connectivity index (χ1) is 14.6. The quantitative estimate of drug-likeness (QED) is 0.409. The predicted octanol–water partition coefficient (Wildman–Crippen LogP) is 5.15. The summed E-state index contributed by atoms with van der Waals surface area (Å²) >= 11 is 1.73. The number of nitrogens with two attached hydrogens (primary N) is 1. The van der Waals surface area contributed by atoms with Gasteiger partial charge < -0.3 is 10.8 Å². The Morgan fingerprint density at radius 3 is 2.17 bits per heavy atom. The third kappa shape index (κ3) is 4.87. The molecule has 0 aliphatic rings. The maximum absolute atomic E-state index is 10.9. The van der Waals surface area contributed by atoms with Gasteiger partial charge in [0.15, 0.2) is 0 Å². The van der Waals surface area contributed by atoms with Gasteiger partial charge in [-0.25, -0.2) is 4.98 Å². The summed E-state index contributed by atoms with van der Waals surface area (Å²) in [6, 6.07) is 27.8. The van der Waals surface area contributed by atoms with Crippen molar-refractivity contribution in [3.63, 3.8) is 0 Å². The molecular weight excluding hydrogens is 392 g/mol. The highest BCUT2D eigenvalue weighted by molar-refractivity contribution is 7.98. The van der Waals surface area contributed by atoms with Crippen molar-refractivity contribution < 1.29 is 9.90 Å². The van der Waals surface area contributed by atoms with Crippen LogP contribution in [0.3, 0.4) is 0 Å². The zero-order valence-corrected chi connectivity index (χ0v) is 17.2. The Morgan fingerprint density at radius 1 is 0.867 bits per heavy atom. The molecule has 0 bridgehead atoms. The van der Waals surface area contributed by atoms with Gasteiger partial charge in [-0.15, -0.1) is 11.8 Å². The highest BCUT2D eigenvalue weighted by Crippen LogP contribution is 2.26. The van der Waals surface area contributed by atoms with E-state index in [0.717, 1.165) is 38.4 Å². The van der Waals surface area contributed by atoms with E-state index in [1.165, 1.54) is 5.56 Å². The van der Waals surface area contributed by atoms with Crippen molar-refractivity contribution in [1.29, 1.82) is 0 Å². The van der Waals surface area contributed by atoms with Crippen LogP contribution in [0.5, 0.6) is 0 Å². The standard InChI is InChI=1S/C25H22N2O2S/c26-22(25(28)29)15-17-5-9-19(10-6-17)20-11-7-18(8-12-20)16-30-24-14-13-21-3-1-2-4-23(21)27-24/h1-14,22H,15-16,26H2,(H,28,29). The van der Waals surface area contributed by atoms with Crippen LogP contribution in [-0.2, 0) is 17.0 Å². The maximum Gasteiger partial charge on any atom is 0.320 e. The van der Waals surface area contributed by atoms with E-state index >= 15 is 0 Å². The highest BCUT2D eigenvalue weighted by Gasteiger charge is 2.12. The maximum atomic E-state index is 10.9. The fourth-order valence-electron chi connectivity index (χ4n) is 3.25. The van der Waals surface area contributed by atoms with Crippen molar-refractivity contribution in [2.75, 3.05) is 0 Å². The smallest absolute Gasteiger partial charge is 0.320 e. The summed E-state index contributed by atoms with van der Waals surface area (Å²) in [4.78, 5) is 15.6. The van der Waals surface area contributed by atoms with Crippen LogP contribution in [0.4, 0.5) is 0 Å². The minimum absolute atomic E-state index is 0.328. The van der Waals surface area contributed by atoms with Crippen LogP contribution in [-0.4, -0.2) is 22.1 Å². The van der Waals surface area contributed by atoms with E-state index in [0.29, 0.717) is 6.42 Å². The molecule has 3 aromatic carbocycles. The second-order valence-electron chi connectivity index (χ2n) is 7.17. The lowest BCUT2D eigenvalue weighted by Gasteiger charge is -2.08. The Bertz CT molecular complexity index is 1160. The second-order valence-corrected chi connectivity index (χ2v) is 8.17. The SMILES string of the molecule is NC(Cc1ccc(-c2ccc(CSc3ccc4ccccc4n3)cc2)cc1)C(=O)O. The monoisotopic (exact) mass is 414 g/mol. The molecule has 0 spiro atoms. The van der Waals surface area contributed by atoms with E-state index in [-0.39, 0.29) is 0 Å². The topological polar surface area (TPSA) is 76.2 Å². The number of carboxylic acid groups (broad SMARTS) is 1. The summed E-state index contributed by atoms with van der Waals surface area (Å²) in [5, 5.41) is 11.1. The Balaban J connectivity index is 1.39. The molecule has 3 N–H and O–H groups in total. The molecule has 1 aromatic heterocycles. The highest BCUT2D eigenvalue weighted by atomic mass is 32.2. The number of nitrogens with zero attached hydrogens (tertiary/aromatic N) is 1. The predicted molar refractivity (Wildman–Crippen MR) is 122 cm³/mol. The van der Waals surface area contributed by atoms with Crippen LogP contribution >= 0.6 is 11.8 Å². The van der Waals surface area contributed by atoms with Crippen molar-refractivity contribution >= 4 is 28.6 Å². The van der Waals surface area contributed by atoms with E-state index in [2.05, 4.69) is 42.5 Å². The zero-order valence-electron chi connectivity index (χ0n) is 16.4. The molecule has 1 atom stereocenters. The van der Waals surface area contributed by atoms with Crippen molar-refractivity contribution in [2.45, 2.75) is 23.2 Å². The van der Waals surface area contributed by atoms with Crippen molar-refractivity contribution in [1.82, 2.24) is 4.98 Å². The molecule has 0 aliphatic carbocycles. The molecular formula is C25H22N2O2S. The number of pyridine rings is 1. The van der Waals surface area contributed by atoms with Gasteiger partial charge in [-0.1, -0.05) is 72.8 Å². The molecule has 0 amide bonds. The number of para-hydroxylation sites is 1. The van der Waals surface area contributed by atoms with Gasteiger partial charge >= 0.3 is 5.97 Å². The van der Waals surface area contributed by atoms with E-state index < -0.39 is 12.0 Å². The number of carboxylic acids is 1. The van der Waals surface area contributed by atoms with E-state index in [9.17, 15) is 4.79 Å². The summed E-state index contributed by atoms with van der Waals surface area (Å²) in [6.07, 6.45) is 0.328. The molecule has 150 valence electrons. The van der Waals surface area contributed by atoms with Crippen LogP contribution in [0.1, 0.15) is 11.1 Å². The lowest BCUT2D eigenvalue weighted by Crippen LogP contribution is -2.32. The van der Waals surface area contributed by atoms with Gasteiger partial charge in [0.25, 0.3) is 0 Å². The molecule has 4 rings (SSSR count). The fourth-order valence-corrected chi connectivity index (χ4v) is 4.09. The first-order valence-corrected chi connectivity index (χ1v) is 10.7. The zero-order chi connectivity index (χ0) is 20.9. The van der Waals surface area contributed by atoms with E-state index in [1.54, 1.807) is 11.8 Å². The molecule has 0 saturated heterocycles. The number of carbonyl (C=O) groups is 1. The average Bonchev–Trinajstić information content (AvgIpc) is 2.78. The molecule has 4 nitrogen and oxygen atoms in total. The molecule has 0 radical (unpaired) electrons. The number of aliphatic carboxylic acids is 1. The van der Waals surface area contributed by atoms with Gasteiger partial charge in [0, 0.05) is 11.1 Å². The normalized spacial score (nSPS) is 12.0. The number of hydrogen-bond acceptors (Lipinski definition) is 4. The van der Waals surface area contributed by atoms with Crippen LogP contribution in [0.15, 0.2) is 90.0 Å². The molecule has 1 heterocycles. The minimum atomic E-state index is -0.980. The van der Waals surface area contributed by atoms with Crippen LogP contribution in [0.25, 0.3) is 22.0 Å². The Morgan fingerprint density at radius 2 is 1.50 bits per heavy atom. The Labute approximate surface area is 179 Å². The van der Waals surface area contributed by atoms with Gasteiger partial charge in [-0.2, -0.15) is 0 Å². The van der Waals surface area contributed by atoms with Gasteiger partial charge in [-0.05, 0) is 40.8 Å². The van der Waals surface area contributed by atoms with Gasteiger partial charge in [-0.3, -0.25) is 4.79 Å². The van der Waals surface area contributed by atoms with Gasteiger partial charge in [0.1, 0.15) is 6.04 Å². The first kappa shape index (κ1) is 20.1. The van der Waals surface area contributed by atoms with Crippen molar-refractivity contribution in [3.05, 3.63) is 96.1 Å². The number of fused-ring (bicyclic) bond motifs is 1. The fraction of sp³-hybridized carbons (Fsp3) is 0.120. The van der Waals surface area contributed by atoms with Gasteiger partial charge in [0.05, 0.1) is 10.5 Å². The minimum Gasteiger partial charge on any atom is -0.480 e. The summed E-state index contributed by atoms with van der Waals surface area (Å²) < 4.78 is 0. The van der Waals surface area contributed by atoms with E-state index in [4.69, 9.17) is 15.8 Å². The molecule has 1 unspecified atom stereocenters. The van der Waals surface area contributed by atoms with Crippen LogP contribution in [0.2, 0.25) is 0 Å². The molecule has 4 aromatic rings. The van der Waals surface area contributed by atoms with Crippen molar-refractivity contribution in [2.24, 2.45) is 5.73 Å². The summed E-state index contributed by atoms with van der Waals surface area (Å²) in [6.45, 7) is 0. The lowest BCUT2D eigenvalue weighted by atomic mass is 10.0. The molecule has 5 heteroatoms. The largest absolute Gasteiger partial charge is 0.480 e. The third-order valence-electron chi connectivity index (χ3n) is 4.97. The van der Waals surface area contributed by atoms with Gasteiger partial charge in [0.2, 0.25) is 0 Å². The number of rotatable bonds is 7. The van der Waals surface area contributed by atoms with Crippen LogP contribution in [0, 0.1) is 0 Å². The molecule has 0 aliphatic heterocycles. The lowest BCUT2D eigenvalue weighted by molar-refractivity contribution is -0.138. The molecule has 0 saturated carbocycles. The molecule has 30 heavy (non-hydrogen) atoms. The van der Waals surface area contributed by atoms with E-state index in [1.807, 2.05) is 42.5 Å². The summed E-state index contributed by atoms with van der Waals surface area (Å²) in [5.41, 5.74) is 11.0. The third-order valence-corrected chi connectivity index (χ3v) is 5.97. The number of aromatic nitrogens is 1. The Kier molecular flexibility index (Phi) is 6.12. The van der Waals surface area contributed by atoms with Crippen LogP contribution < -0.4 is 5.73 Å². The van der Waals surface area contributed by atoms with Crippen molar-refractivity contribution in [3.8, 4) is 11.1 Å². The summed E-state index contributed by atoms with van der Waals surface area (Å²) in [5.74, 6) is -0.121. The number of thioether (sulfide) groups is 1. The first-order valence-electron chi connectivity index (χ1n) is 9.74. The second kappa shape index (κ2) is 9.11.